The summed E-state index contributed by atoms with van der Waals surface area (Å²) >= 11 is 0. The van der Waals surface area contributed by atoms with E-state index in [0.717, 1.165) is 18.5 Å². The van der Waals surface area contributed by atoms with E-state index >= 15 is 0 Å². The van der Waals surface area contributed by atoms with E-state index in [1.807, 2.05) is 43.1 Å². The van der Waals surface area contributed by atoms with Crippen molar-refractivity contribution in [2.45, 2.75) is 45.7 Å². The zero-order valence-corrected chi connectivity index (χ0v) is 12.3. The number of nitrogens with zero attached hydrogens (tertiary/aromatic N) is 1. The van der Waals surface area contributed by atoms with Crippen LogP contribution >= 0.6 is 0 Å². The summed E-state index contributed by atoms with van der Waals surface area (Å²) in [4.78, 5) is 14.1. The molecule has 1 amide bonds. The summed E-state index contributed by atoms with van der Waals surface area (Å²) in [6.07, 6.45) is 1.91. The lowest BCUT2D eigenvalue weighted by atomic mass is 10.1. The third-order valence-corrected chi connectivity index (χ3v) is 3.57. The van der Waals surface area contributed by atoms with Crippen LogP contribution in [-0.4, -0.2) is 25.0 Å². The topological polar surface area (TPSA) is 58.4 Å². The fourth-order valence-corrected chi connectivity index (χ4v) is 1.96. The second-order valence-electron chi connectivity index (χ2n) is 4.90. The molecular formula is C15H25N3O. The van der Waals surface area contributed by atoms with Crippen molar-refractivity contribution < 1.29 is 4.79 Å². The number of rotatable bonds is 6. The third kappa shape index (κ3) is 4.16. The Kier molecular flexibility index (Phi) is 5.67. The second-order valence-corrected chi connectivity index (χ2v) is 4.90. The van der Waals surface area contributed by atoms with Gasteiger partial charge in [-0.25, -0.2) is 0 Å². The molecule has 0 fully saturated rings. The van der Waals surface area contributed by atoms with E-state index in [4.69, 9.17) is 5.73 Å². The molecule has 106 valence electrons. The summed E-state index contributed by atoms with van der Waals surface area (Å²) in [5, 5.41) is 3.07. The molecule has 0 bridgehead atoms. The number of amides is 1. The summed E-state index contributed by atoms with van der Waals surface area (Å²) in [5.74, 6) is 0.0543. The minimum atomic E-state index is -0.220. The fraction of sp³-hybridized carbons (Fsp3) is 0.533. The maximum atomic E-state index is 12.2. The molecule has 1 aromatic rings. The highest BCUT2D eigenvalue weighted by molar-refractivity contribution is 5.85. The van der Waals surface area contributed by atoms with Crippen LogP contribution in [0.3, 0.4) is 0 Å². The van der Waals surface area contributed by atoms with Crippen molar-refractivity contribution in [1.29, 1.82) is 0 Å². The second kappa shape index (κ2) is 7.02. The average Bonchev–Trinajstić information content (AvgIpc) is 2.42. The molecular weight excluding hydrogens is 238 g/mol. The number of hydrogen-bond donors (Lipinski definition) is 2. The predicted octanol–water partition coefficient (Wildman–Crippen LogP) is 2.40. The lowest BCUT2D eigenvalue weighted by molar-refractivity contribution is -0.122. The largest absolute Gasteiger partial charge is 0.399 e. The Morgan fingerprint density at radius 2 is 2.00 bits per heavy atom. The molecule has 1 rings (SSSR count). The molecule has 4 nitrogen and oxygen atoms in total. The summed E-state index contributed by atoms with van der Waals surface area (Å²) in [6.45, 7) is 6.07. The van der Waals surface area contributed by atoms with E-state index in [9.17, 15) is 4.79 Å². The van der Waals surface area contributed by atoms with Crippen molar-refractivity contribution in [1.82, 2.24) is 5.32 Å². The number of nitrogen functional groups attached to an aromatic ring is 1. The number of nitrogens with two attached hydrogens (primary N) is 1. The molecule has 0 heterocycles. The number of anilines is 2. The van der Waals surface area contributed by atoms with Crippen LogP contribution in [0.2, 0.25) is 0 Å². The van der Waals surface area contributed by atoms with Gasteiger partial charge in [0.1, 0.15) is 6.04 Å². The maximum Gasteiger partial charge on any atom is 0.242 e. The van der Waals surface area contributed by atoms with E-state index in [-0.39, 0.29) is 18.0 Å². The van der Waals surface area contributed by atoms with Gasteiger partial charge in [-0.15, -0.1) is 0 Å². The Morgan fingerprint density at radius 1 is 1.37 bits per heavy atom. The predicted molar refractivity (Wildman–Crippen MR) is 81.2 cm³/mol. The molecule has 0 saturated carbocycles. The van der Waals surface area contributed by atoms with Crippen molar-refractivity contribution in [3.8, 4) is 0 Å². The maximum absolute atomic E-state index is 12.2. The number of carbonyl (C=O) groups is 1. The van der Waals surface area contributed by atoms with Gasteiger partial charge >= 0.3 is 0 Å². The molecule has 0 aliphatic heterocycles. The van der Waals surface area contributed by atoms with Crippen molar-refractivity contribution >= 4 is 17.3 Å². The number of likely N-dealkylation sites (N-methyl/N-ethyl adjacent to an activating group) is 1. The van der Waals surface area contributed by atoms with Crippen LogP contribution in [0.5, 0.6) is 0 Å². The molecule has 0 saturated heterocycles. The first-order chi connectivity index (χ1) is 8.99. The smallest absolute Gasteiger partial charge is 0.242 e. The van der Waals surface area contributed by atoms with Crippen LogP contribution in [0, 0.1) is 0 Å². The van der Waals surface area contributed by atoms with Crippen LogP contribution in [0.15, 0.2) is 24.3 Å². The first-order valence-electron chi connectivity index (χ1n) is 6.88. The minimum Gasteiger partial charge on any atom is -0.399 e. The molecule has 0 spiro atoms. The van der Waals surface area contributed by atoms with E-state index in [0.29, 0.717) is 5.69 Å². The number of hydrogen-bond acceptors (Lipinski definition) is 3. The number of benzene rings is 1. The van der Waals surface area contributed by atoms with Crippen molar-refractivity contribution in [3.05, 3.63) is 24.3 Å². The highest BCUT2D eigenvalue weighted by Crippen LogP contribution is 2.18. The van der Waals surface area contributed by atoms with Gasteiger partial charge in [-0.1, -0.05) is 19.9 Å². The van der Waals surface area contributed by atoms with E-state index in [1.54, 1.807) is 0 Å². The van der Waals surface area contributed by atoms with Gasteiger partial charge in [0.05, 0.1) is 0 Å². The van der Waals surface area contributed by atoms with Crippen molar-refractivity contribution in [2.75, 3.05) is 17.7 Å². The Balaban J connectivity index is 2.71. The van der Waals surface area contributed by atoms with E-state index < -0.39 is 0 Å². The average molecular weight is 263 g/mol. The molecule has 3 N–H and O–H groups in total. The highest BCUT2D eigenvalue weighted by Gasteiger charge is 2.20. The summed E-state index contributed by atoms with van der Waals surface area (Å²) in [6, 6.07) is 7.60. The van der Waals surface area contributed by atoms with Crippen molar-refractivity contribution in [3.63, 3.8) is 0 Å². The first-order valence-corrected chi connectivity index (χ1v) is 6.88. The fourth-order valence-electron chi connectivity index (χ4n) is 1.96. The van der Waals surface area contributed by atoms with Gasteiger partial charge in [0.25, 0.3) is 0 Å². The summed E-state index contributed by atoms with van der Waals surface area (Å²) in [7, 11) is 1.91. The van der Waals surface area contributed by atoms with Gasteiger partial charge in [-0.3, -0.25) is 4.79 Å². The molecule has 19 heavy (non-hydrogen) atoms. The minimum absolute atomic E-state index is 0.0543. The molecule has 0 aromatic heterocycles. The number of nitrogens with one attached hydrogen (secondary N) is 1. The normalized spacial score (nSPS) is 12.3. The van der Waals surface area contributed by atoms with E-state index in [2.05, 4.69) is 19.2 Å². The molecule has 1 atom stereocenters. The Morgan fingerprint density at radius 3 is 2.53 bits per heavy atom. The zero-order chi connectivity index (χ0) is 14.4. The van der Waals surface area contributed by atoms with Gasteiger partial charge in [0, 0.05) is 24.5 Å². The van der Waals surface area contributed by atoms with Gasteiger partial charge in [-0.05, 0) is 38.0 Å². The van der Waals surface area contributed by atoms with Crippen LogP contribution in [0.25, 0.3) is 0 Å². The van der Waals surface area contributed by atoms with Crippen LogP contribution in [-0.2, 0) is 4.79 Å². The van der Waals surface area contributed by atoms with Gasteiger partial charge in [-0.2, -0.15) is 0 Å². The van der Waals surface area contributed by atoms with Crippen molar-refractivity contribution in [2.24, 2.45) is 0 Å². The summed E-state index contributed by atoms with van der Waals surface area (Å²) < 4.78 is 0. The summed E-state index contributed by atoms with van der Waals surface area (Å²) in [5.41, 5.74) is 7.43. The highest BCUT2D eigenvalue weighted by atomic mass is 16.2. The molecule has 0 aliphatic rings. The monoisotopic (exact) mass is 263 g/mol. The quantitative estimate of drug-likeness (QED) is 0.775. The SMILES string of the molecule is CCC(CC)NC(=O)C(C)N(C)c1cccc(N)c1. The Labute approximate surface area is 116 Å². The van der Waals surface area contributed by atoms with Gasteiger partial charge in [0.15, 0.2) is 0 Å². The molecule has 0 aliphatic carbocycles. The third-order valence-electron chi connectivity index (χ3n) is 3.57. The standard InChI is InChI=1S/C15H25N3O/c1-5-13(6-2)17-15(19)11(3)18(4)14-9-7-8-12(16)10-14/h7-11,13H,5-6,16H2,1-4H3,(H,17,19). The van der Waals surface area contributed by atoms with E-state index in [1.165, 1.54) is 0 Å². The van der Waals surface area contributed by atoms with Gasteiger partial charge in [0.2, 0.25) is 5.91 Å². The Bertz CT molecular complexity index is 416. The Hall–Kier alpha value is -1.71. The van der Waals surface area contributed by atoms with Crippen LogP contribution < -0.4 is 16.0 Å². The molecule has 1 unspecified atom stereocenters. The first kappa shape index (κ1) is 15.3. The van der Waals surface area contributed by atoms with Gasteiger partial charge < -0.3 is 16.0 Å². The number of carbonyl (C=O) groups excluding carboxylic acids is 1. The lowest BCUT2D eigenvalue weighted by Crippen LogP contribution is -2.46. The lowest BCUT2D eigenvalue weighted by Gasteiger charge is -2.28. The van der Waals surface area contributed by atoms with Crippen LogP contribution in [0.4, 0.5) is 11.4 Å². The molecule has 4 heteroatoms. The molecule has 1 aromatic carbocycles. The van der Waals surface area contributed by atoms with Crippen LogP contribution in [0.1, 0.15) is 33.6 Å². The zero-order valence-electron chi connectivity index (χ0n) is 12.3. The molecule has 0 radical (unpaired) electrons.